The molecule has 0 N–H and O–H groups in total. The fraction of sp³-hybridized carbons (Fsp3) is 1.00. The lowest BCUT2D eigenvalue weighted by molar-refractivity contribution is 0.0998. The van der Waals surface area contributed by atoms with Gasteiger partial charge in [0.1, 0.15) is 0 Å². The summed E-state index contributed by atoms with van der Waals surface area (Å²) in [5, 5.41) is 0. The number of fused-ring (bicyclic) bond motifs is 1. The third-order valence-electron chi connectivity index (χ3n) is 3.54. The van der Waals surface area contributed by atoms with Crippen LogP contribution in [0.25, 0.3) is 0 Å². The van der Waals surface area contributed by atoms with Crippen LogP contribution in [-0.4, -0.2) is 13.2 Å². The van der Waals surface area contributed by atoms with Gasteiger partial charge in [-0.1, -0.05) is 6.92 Å². The summed E-state index contributed by atoms with van der Waals surface area (Å²) in [5.74, 6) is 3.01. The molecule has 0 aliphatic heterocycles. The zero-order valence-electron chi connectivity index (χ0n) is 7.55. The van der Waals surface area contributed by atoms with Gasteiger partial charge in [-0.2, -0.15) is 0 Å². The van der Waals surface area contributed by atoms with Gasteiger partial charge in [0.05, 0.1) is 6.10 Å². The van der Waals surface area contributed by atoms with Gasteiger partial charge in [-0.15, -0.1) is 0 Å². The van der Waals surface area contributed by atoms with Crippen molar-refractivity contribution < 1.29 is 4.74 Å². The molecule has 2 aliphatic carbocycles. The van der Waals surface area contributed by atoms with Gasteiger partial charge < -0.3 is 4.74 Å². The minimum absolute atomic E-state index is 0.595. The van der Waals surface area contributed by atoms with Gasteiger partial charge in [0.25, 0.3) is 0 Å². The van der Waals surface area contributed by atoms with E-state index in [-0.39, 0.29) is 0 Å². The van der Waals surface area contributed by atoms with E-state index in [4.69, 9.17) is 4.74 Å². The number of ether oxygens (including phenoxy) is 1. The van der Waals surface area contributed by atoms with Crippen molar-refractivity contribution in [3.63, 3.8) is 0 Å². The molecule has 2 aliphatic rings. The normalized spacial score (nSPS) is 49.6. The van der Waals surface area contributed by atoms with Gasteiger partial charge >= 0.3 is 0 Å². The van der Waals surface area contributed by atoms with Crippen molar-refractivity contribution in [2.24, 2.45) is 17.8 Å². The molecule has 0 heterocycles. The highest BCUT2D eigenvalue weighted by Crippen LogP contribution is 2.47. The Kier molecular flexibility index (Phi) is 1.92. The fourth-order valence-electron chi connectivity index (χ4n) is 3.06. The molecule has 4 atom stereocenters. The van der Waals surface area contributed by atoms with Crippen LogP contribution in [-0.2, 0) is 4.74 Å². The first-order valence-corrected chi connectivity index (χ1v) is 4.82. The Labute approximate surface area is 69.1 Å². The minimum Gasteiger partial charge on any atom is -0.381 e. The minimum atomic E-state index is 0.595. The molecule has 2 saturated carbocycles. The van der Waals surface area contributed by atoms with Gasteiger partial charge in [-0.3, -0.25) is 0 Å². The van der Waals surface area contributed by atoms with Crippen molar-refractivity contribution in [2.75, 3.05) is 7.11 Å². The molecule has 0 aromatic heterocycles. The van der Waals surface area contributed by atoms with Crippen LogP contribution in [0.4, 0.5) is 0 Å². The number of hydrogen-bond acceptors (Lipinski definition) is 1. The van der Waals surface area contributed by atoms with Crippen molar-refractivity contribution >= 4 is 0 Å². The van der Waals surface area contributed by atoms with E-state index in [1.54, 1.807) is 0 Å². The highest BCUT2D eigenvalue weighted by molar-refractivity contribution is 4.90. The summed E-state index contributed by atoms with van der Waals surface area (Å²) in [6.45, 7) is 2.39. The smallest absolute Gasteiger partial charge is 0.0576 e. The highest BCUT2D eigenvalue weighted by Gasteiger charge is 2.39. The Hall–Kier alpha value is -0.0400. The van der Waals surface area contributed by atoms with E-state index in [1.165, 1.54) is 25.7 Å². The van der Waals surface area contributed by atoms with Crippen LogP contribution >= 0.6 is 0 Å². The van der Waals surface area contributed by atoms with E-state index < -0.39 is 0 Å². The van der Waals surface area contributed by atoms with Crippen LogP contribution in [0.3, 0.4) is 0 Å². The second-order valence-electron chi connectivity index (χ2n) is 4.43. The quantitative estimate of drug-likeness (QED) is 0.563. The maximum Gasteiger partial charge on any atom is 0.0576 e. The summed E-state index contributed by atoms with van der Waals surface area (Å²) in [6.07, 6.45) is 6.20. The van der Waals surface area contributed by atoms with Crippen molar-refractivity contribution in [1.29, 1.82) is 0 Å². The van der Waals surface area contributed by atoms with Gasteiger partial charge in [-0.25, -0.2) is 0 Å². The third kappa shape index (κ3) is 1.31. The van der Waals surface area contributed by atoms with E-state index in [9.17, 15) is 0 Å². The summed E-state index contributed by atoms with van der Waals surface area (Å²) in [6, 6.07) is 0. The second-order valence-corrected chi connectivity index (χ2v) is 4.43. The fourth-order valence-corrected chi connectivity index (χ4v) is 3.06. The monoisotopic (exact) mass is 154 g/mol. The van der Waals surface area contributed by atoms with Crippen LogP contribution in [0.5, 0.6) is 0 Å². The molecule has 1 heteroatoms. The Morgan fingerprint density at radius 2 is 1.55 bits per heavy atom. The summed E-state index contributed by atoms with van der Waals surface area (Å²) in [7, 11) is 1.86. The molecule has 0 unspecified atom stereocenters. The Balaban J connectivity index is 1.93. The SMILES string of the molecule is CO[C@@H]1C[C@H]2C[C@@H](C)C[C@H]2C1. The molecule has 0 saturated heterocycles. The average Bonchev–Trinajstić information content (AvgIpc) is 2.43. The maximum atomic E-state index is 5.38. The molecule has 2 rings (SSSR count). The zero-order chi connectivity index (χ0) is 7.84. The van der Waals surface area contributed by atoms with Crippen LogP contribution in [0.2, 0.25) is 0 Å². The largest absolute Gasteiger partial charge is 0.381 e. The molecule has 0 radical (unpaired) electrons. The van der Waals surface area contributed by atoms with E-state index >= 15 is 0 Å². The van der Waals surface area contributed by atoms with Crippen LogP contribution in [0.15, 0.2) is 0 Å². The lowest BCUT2D eigenvalue weighted by Gasteiger charge is -2.09. The molecule has 1 nitrogen and oxygen atoms in total. The third-order valence-corrected chi connectivity index (χ3v) is 3.54. The average molecular weight is 154 g/mol. The van der Waals surface area contributed by atoms with E-state index in [1.807, 2.05) is 7.11 Å². The Morgan fingerprint density at radius 3 is 2.00 bits per heavy atom. The van der Waals surface area contributed by atoms with Gasteiger partial charge in [0.15, 0.2) is 0 Å². The molecule has 0 aromatic carbocycles. The van der Waals surface area contributed by atoms with Gasteiger partial charge in [0, 0.05) is 7.11 Å². The number of hydrogen-bond donors (Lipinski definition) is 0. The molecule has 0 spiro atoms. The van der Waals surface area contributed by atoms with Crippen molar-refractivity contribution in [2.45, 2.75) is 38.7 Å². The summed E-state index contributed by atoms with van der Waals surface area (Å²) >= 11 is 0. The van der Waals surface area contributed by atoms with Crippen molar-refractivity contribution in [3.8, 4) is 0 Å². The van der Waals surface area contributed by atoms with Gasteiger partial charge in [0.2, 0.25) is 0 Å². The molecule has 11 heavy (non-hydrogen) atoms. The first-order valence-electron chi connectivity index (χ1n) is 4.82. The molecule has 0 bridgehead atoms. The van der Waals surface area contributed by atoms with Gasteiger partial charge in [-0.05, 0) is 43.4 Å². The van der Waals surface area contributed by atoms with Crippen LogP contribution in [0, 0.1) is 17.8 Å². The lowest BCUT2D eigenvalue weighted by Crippen LogP contribution is -2.06. The second kappa shape index (κ2) is 2.78. The number of rotatable bonds is 1. The first kappa shape index (κ1) is 7.60. The summed E-state index contributed by atoms with van der Waals surface area (Å²) in [5.41, 5.74) is 0. The lowest BCUT2D eigenvalue weighted by atomic mass is 10.0. The predicted molar refractivity (Wildman–Crippen MR) is 45.4 cm³/mol. The number of methoxy groups -OCH3 is 1. The Morgan fingerprint density at radius 1 is 1.00 bits per heavy atom. The molecule has 2 fully saturated rings. The van der Waals surface area contributed by atoms with E-state index in [2.05, 4.69) is 6.92 Å². The maximum absolute atomic E-state index is 5.38. The van der Waals surface area contributed by atoms with Crippen LogP contribution in [0.1, 0.15) is 32.6 Å². The molecule has 0 aromatic rings. The van der Waals surface area contributed by atoms with Crippen molar-refractivity contribution in [1.82, 2.24) is 0 Å². The summed E-state index contributed by atoms with van der Waals surface area (Å²) in [4.78, 5) is 0. The van der Waals surface area contributed by atoms with Crippen LogP contribution < -0.4 is 0 Å². The standard InChI is InChI=1S/C10H18O/c1-7-3-8-5-10(11-2)6-9(8)4-7/h7-10H,3-6H2,1-2H3/t7-,8-,9+,10-. The molecular weight excluding hydrogens is 136 g/mol. The van der Waals surface area contributed by atoms with E-state index in [0.717, 1.165) is 17.8 Å². The predicted octanol–water partition coefficient (Wildman–Crippen LogP) is 2.46. The summed E-state index contributed by atoms with van der Waals surface area (Å²) < 4.78 is 5.38. The first-order chi connectivity index (χ1) is 5.29. The Bertz CT molecular complexity index is 130. The topological polar surface area (TPSA) is 9.23 Å². The zero-order valence-corrected chi connectivity index (χ0v) is 7.55. The van der Waals surface area contributed by atoms with E-state index in [0.29, 0.717) is 6.10 Å². The molecule has 64 valence electrons. The molecular formula is C10H18O. The van der Waals surface area contributed by atoms with Crippen molar-refractivity contribution in [3.05, 3.63) is 0 Å². The molecule has 0 amide bonds. The highest BCUT2D eigenvalue weighted by atomic mass is 16.5.